The molecule has 0 saturated carbocycles. The van der Waals surface area contributed by atoms with Crippen LogP contribution in [0.3, 0.4) is 0 Å². The minimum atomic E-state index is 0.364. The van der Waals surface area contributed by atoms with Gasteiger partial charge in [-0.05, 0) is 54.6 Å². The molecule has 108 valence electrons. The average Bonchev–Trinajstić information content (AvgIpc) is 3.04. The van der Waals surface area contributed by atoms with E-state index in [1.54, 1.807) is 0 Å². The van der Waals surface area contributed by atoms with E-state index in [1.807, 2.05) is 6.20 Å². The molecule has 5 heteroatoms. The molecule has 0 aliphatic carbocycles. The molecule has 1 N–H and O–H groups in total. The molecular weight excluding hydrogens is 306 g/mol. The summed E-state index contributed by atoms with van der Waals surface area (Å²) in [4.78, 5) is 0. The summed E-state index contributed by atoms with van der Waals surface area (Å²) < 4.78 is 8.71. The van der Waals surface area contributed by atoms with E-state index >= 15 is 0 Å². The summed E-state index contributed by atoms with van der Waals surface area (Å²) >= 11 is 3.65. The number of rotatable bonds is 7. The first-order chi connectivity index (χ1) is 9.26. The van der Waals surface area contributed by atoms with Gasteiger partial charge in [0.25, 0.3) is 0 Å². The largest absolute Gasteiger partial charge is 0.381 e. The van der Waals surface area contributed by atoms with Crippen LogP contribution in [-0.4, -0.2) is 29.5 Å². The first-order valence-corrected chi connectivity index (χ1v) is 8.07. The Morgan fingerprint density at radius 1 is 1.58 bits per heavy atom. The van der Waals surface area contributed by atoms with Crippen molar-refractivity contribution in [3.63, 3.8) is 0 Å². The molecule has 1 aliphatic rings. The van der Waals surface area contributed by atoms with E-state index < -0.39 is 0 Å². The number of nitrogens with zero attached hydrogens (tertiary/aromatic N) is 2. The predicted octanol–water partition coefficient (Wildman–Crippen LogP) is 3.13. The van der Waals surface area contributed by atoms with Gasteiger partial charge in [0.15, 0.2) is 0 Å². The highest BCUT2D eigenvalue weighted by Gasteiger charge is 2.25. The van der Waals surface area contributed by atoms with E-state index in [2.05, 4.69) is 44.9 Å². The SMILES string of the molecule is CCCNC(CC1CCOC1)c1c(Br)cnn1CC. The van der Waals surface area contributed by atoms with Gasteiger partial charge >= 0.3 is 0 Å². The number of aromatic nitrogens is 2. The third-order valence-corrected chi connectivity index (χ3v) is 4.31. The van der Waals surface area contributed by atoms with Crippen molar-refractivity contribution in [1.29, 1.82) is 0 Å². The summed E-state index contributed by atoms with van der Waals surface area (Å²) in [5.41, 5.74) is 1.28. The zero-order valence-corrected chi connectivity index (χ0v) is 13.4. The lowest BCUT2D eigenvalue weighted by molar-refractivity contribution is 0.181. The summed E-state index contributed by atoms with van der Waals surface area (Å²) in [5, 5.41) is 8.10. The molecule has 2 rings (SSSR count). The number of hydrogen-bond acceptors (Lipinski definition) is 3. The van der Waals surface area contributed by atoms with E-state index in [-0.39, 0.29) is 0 Å². The van der Waals surface area contributed by atoms with Gasteiger partial charge in [0, 0.05) is 19.8 Å². The van der Waals surface area contributed by atoms with Crippen LogP contribution in [0.25, 0.3) is 0 Å². The molecule has 2 unspecified atom stereocenters. The molecule has 0 aromatic carbocycles. The summed E-state index contributed by atoms with van der Waals surface area (Å²) in [7, 11) is 0. The van der Waals surface area contributed by atoms with Crippen molar-refractivity contribution in [3.05, 3.63) is 16.4 Å². The fourth-order valence-corrected chi connectivity index (χ4v) is 3.26. The lowest BCUT2D eigenvalue weighted by Gasteiger charge is -2.23. The Labute approximate surface area is 124 Å². The lowest BCUT2D eigenvalue weighted by atomic mass is 9.97. The molecule has 19 heavy (non-hydrogen) atoms. The van der Waals surface area contributed by atoms with Crippen molar-refractivity contribution in [2.75, 3.05) is 19.8 Å². The van der Waals surface area contributed by atoms with Gasteiger partial charge in [0.2, 0.25) is 0 Å². The second-order valence-electron chi connectivity index (χ2n) is 5.17. The topological polar surface area (TPSA) is 39.1 Å². The van der Waals surface area contributed by atoms with Crippen molar-refractivity contribution < 1.29 is 4.74 Å². The highest BCUT2D eigenvalue weighted by atomic mass is 79.9. The molecule has 4 nitrogen and oxygen atoms in total. The van der Waals surface area contributed by atoms with Crippen LogP contribution >= 0.6 is 15.9 Å². The molecule has 0 bridgehead atoms. The number of nitrogens with one attached hydrogen (secondary N) is 1. The predicted molar refractivity (Wildman–Crippen MR) is 80.2 cm³/mol. The summed E-state index contributed by atoms with van der Waals surface area (Å²) in [6.07, 6.45) is 5.37. The Kier molecular flexibility index (Phi) is 5.85. The van der Waals surface area contributed by atoms with Gasteiger partial charge in [-0.25, -0.2) is 0 Å². The van der Waals surface area contributed by atoms with Crippen LogP contribution in [0.4, 0.5) is 0 Å². The molecule has 1 fully saturated rings. The summed E-state index contributed by atoms with van der Waals surface area (Å²) in [5.74, 6) is 0.668. The smallest absolute Gasteiger partial charge is 0.0695 e. The van der Waals surface area contributed by atoms with E-state index in [4.69, 9.17) is 4.74 Å². The maximum absolute atomic E-state index is 5.50. The molecule has 0 spiro atoms. The Bertz CT molecular complexity index is 388. The van der Waals surface area contributed by atoms with Crippen LogP contribution in [0.15, 0.2) is 10.7 Å². The third-order valence-electron chi connectivity index (χ3n) is 3.70. The molecule has 1 aromatic rings. The molecule has 1 aliphatic heterocycles. The molecule has 1 saturated heterocycles. The van der Waals surface area contributed by atoms with Crippen LogP contribution in [0.2, 0.25) is 0 Å². The quantitative estimate of drug-likeness (QED) is 0.835. The van der Waals surface area contributed by atoms with Gasteiger partial charge < -0.3 is 10.1 Å². The van der Waals surface area contributed by atoms with Gasteiger partial charge in [-0.2, -0.15) is 5.10 Å². The van der Waals surface area contributed by atoms with Crippen LogP contribution in [0.1, 0.15) is 44.8 Å². The normalized spacial score (nSPS) is 20.9. The number of aryl methyl sites for hydroxylation is 1. The van der Waals surface area contributed by atoms with Crippen molar-refractivity contribution in [2.24, 2.45) is 5.92 Å². The van der Waals surface area contributed by atoms with Crippen molar-refractivity contribution in [1.82, 2.24) is 15.1 Å². The van der Waals surface area contributed by atoms with E-state index in [9.17, 15) is 0 Å². The van der Waals surface area contributed by atoms with Gasteiger partial charge in [0.05, 0.1) is 22.4 Å². The Balaban J connectivity index is 2.12. The van der Waals surface area contributed by atoms with Gasteiger partial charge in [-0.1, -0.05) is 6.92 Å². The first-order valence-electron chi connectivity index (χ1n) is 7.28. The number of ether oxygens (including phenoxy) is 1. The van der Waals surface area contributed by atoms with E-state index in [0.717, 1.165) is 43.6 Å². The van der Waals surface area contributed by atoms with Crippen molar-refractivity contribution in [3.8, 4) is 0 Å². The number of hydrogen-bond donors (Lipinski definition) is 1. The summed E-state index contributed by atoms with van der Waals surface area (Å²) in [6, 6.07) is 0.364. The van der Waals surface area contributed by atoms with Gasteiger partial charge in [0.1, 0.15) is 0 Å². The lowest BCUT2D eigenvalue weighted by Crippen LogP contribution is -2.27. The molecule has 0 amide bonds. The maximum atomic E-state index is 5.50. The van der Waals surface area contributed by atoms with E-state index in [0.29, 0.717) is 12.0 Å². The number of halogens is 1. The van der Waals surface area contributed by atoms with Gasteiger partial charge in [-0.3, -0.25) is 4.68 Å². The monoisotopic (exact) mass is 329 g/mol. The second-order valence-corrected chi connectivity index (χ2v) is 6.02. The zero-order chi connectivity index (χ0) is 13.7. The minimum absolute atomic E-state index is 0.364. The van der Waals surface area contributed by atoms with Crippen LogP contribution in [0.5, 0.6) is 0 Å². The average molecular weight is 330 g/mol. The maximum Gasteiger partial charge on any atom is 0.0695 e. The second kappa shape index (κ2) is 7.41. The Hall–Kier alpha value is -0.390. The van der Waals surface area contributed by atoms with Crippen molar-refractivity contribution >= 4 is 15.9 Å². The fourth-order valence-electron chi connectivity index (χ4n) is 2.68. The van der Waals surface area contributed by atoms with Crippen molar-refractivity contribution in [2.45, 2.75) is 45.7 Å². The molecule has 2 heterocycles. The highest BCUT2D eigenvalue weighted by Crippen LogP contribution is 2.30. The molecule has 1 aromatic heterocycles. The van der Waals surface area contributed by atoms with Crippen LogP contribution in [0, 0.1) is 5.92 Å². The first kappa shape index (κ1) is 15.0. The summed E-state index contributed by atoms with van der Waals surface area (Å²) in [6.45, 7) is 8.11. The van der Waals surface area contributed by atoms with E-state index in [1.165, 1.54) is 12.1 Å². The van der Waals surface area contributed by atoms with Gasteiger partial charge in [-0.15, -0.1) is 0 Å². The minimum Gasteiger partial charge on any atom is -0.381 e. The third kappa shape index (κ3) is 3.80. The standard InChI is InChI=1S/C14H24BrN3O/c1-3-6-16-13(8-11-5-7-19-10-11)14-12(15)9-17-18(14)4-2/h9,11,13,16H,3-8,10H2,1-2H3. The fraction of sp³-hybridized carbons (Fsp3) is 0.786. The highest BCUT2D eigenvalue weighted by molar-refractivity contribution is 9.10. The molecule has 2 atom stereocenters. The zero-order valence-electron chi connectivity index (χ0n) is 11.9. The molecular formula is C14H24BrN3O. The Morgan fingerprint density at radius 2 is 2.42 bits per heavy atom. The van der Waals surface area contributed by atoms with Crippen LogP contribution < -0.4 is 5.32 Å². The molecule has 0 radical (unpaired) electrons. The van der Waals surface area contributed by atoms with Crippen LogP contribution in [-0.2, 0) is 11.3 Å². The Morgan fingerprint density at radius 3 is 3.05 bits per heavy atom.